The second-order valence-electron chi connectivity index (χ2n) is 6.07. The summed E-state index contributed by atoms with van der Waals surface area (Å²) in [7, 11) is 0. The molecule has 0 unspecified atom stereocenters. The van der Waals surface area contributed by atoms with E-state index in [0.29, 0.717) is 10.8 Å². The Kier molecular flexibility index (Phi) is 5.14. The van der Waals surface area contributed by atoms with E-state index in [-0.39, 0.29) is 11.9 Å². The van der Waals surface area contributed by atoms with Crippen LogP contribution in [0.2, 0.25) is 0 Å². The van der Waals surface area contributed by atoms with Crippen LogP contribution >= 0.6 is 11.3 Å². The van der Waals surface area contributed by atoms with Gasteiger partial charge in [-0.05, 0) is 49.6 Å². The molecule has 0 saturated carbocycles. The molecule has 128 valence electrons. The number of carbonyl (C=O) groups excluding carboxylic acids is 1. The Hall–Kier alpha value is -2.66. The average Bonchev–Trinajstić information content (AvgIpc) is 3.07. The fourth-order valence-corrected chi connectivity index (χ4v) is 3.18. The molecule has 3 aromatic rings. The van der Waals surface area contributed by atoms with Gasteiger partial charge in [0.15, 0.2) is 5.13 Å². The summed E-state index contributed by atoms with van der Waals surface area (Å²) in [4.78, 5) is 16.8. The van der Waals surface area contributed by atoms with Crippen molar-refractivity contribution in [3.63, 3.8) is 0 Å². The lowest BCUT2D eigenvalue weighted by Crippen LogP contribution is -2.26. The van der Waals surface area contributed by atoms with E-state index in [1.54, 1.807) is 5.38 Å². The van der Waals surface area contributed by atoms with Crippen molar-refractivity contribution < 1.29 is 4.79 Å². The van der Waals surface area contributed by atoms with Crippen molar-refractivity contribution in [3.05, 3.63) is 76.3 Å². The van der Waals surface area contributed by atoms with Crippen molar-refractivity contribution in [3.8, 4) is 0 Å². The molecular weight excluding hydrogens is 330 g/mol. The summed E-state index contributed by atoms with van der Waals surface area (Å²) >= 11 is 1.42. The van der Waals surface area contributed by atoms with Crippen molar-refractivity contribution in [2.24, 2.45) is 0 Å². The molecule has 0 aliphatic rings. The van der Waals surface area contributed by atoms with Gasteiger partial charge in [-0.15, -0.1) is 11.3 Å². The number of aryl methyl sites for hydroxylation is 2. The number of anilines is 2. The zero-order valence-corrected chi connectivity index (χ0v) is 15.4. The number of carbonyl (C=O) groups is 1. The summed E-state index contributed by atoms with van der Waals surface area (Å²) in [6.45, 7) is 6.12. The van der Waals surface area contributed by atoms with E-state index in [9.17, 15) is 4.79 Å². The monoisotopic (exact) mass is 351 g/mol. The highest BCUT2D eigenvalue weighted by Crippen LogP contribution is 2.23. The Morgan fingerprint density at radius 1 is 1.08 bits per heavy atom. The van der Waals surface area contributed by atoms with Crippen molar-refractivity contribution in [2.45, 2.75) is 26.8 Å². The van der Waals surface area contributed by atoms with Gasteiger partial charge >= 0.3 is 0 Å². The third-order valence-corrected chi connectivity index (χ3v) is 4.90. The minimum absolute atomic E-state index is 0.0634. The Balaban J connectivity index is 1.66. The minimum Gasteiger partial charge on any atom is -0.344 e. The zero-order valence-electron chi connectivity index (χ0n) is 14.5. The third-order valence-electron chi connectivity index (χ3n) is 4.14. The molecule has 2 aromatic carbocycles. The smallest absolute Gasteiger partial charge is 0.271 e. The maximum Gasteiger partial charge on any atom is 0.271 e. The van der Waals surface area contributed by atoms with Gasteiger partial charge in [-0.1, -0.05) is 36.4 Å². The van der Waals surface area contributed by atoms with E-state index in [1.165, 1.54) is 22.5 Å². The van der Waals surface area contributed by atoms with E-state index >= 15 is 0 Å². The lowest BCUT2D eigenvalue weighted by Gasteiger charge is -2.13. The topological polar surface area (TPSA) is 54.0 Å². The van der Waals surface area contributed by atoms with Crippen molar-refractivity contribution in [1.29, 1.82) is 0 Å². The number of thiazole rings is 1. The molecule has 1 amide bonds. The number of nitrogens with zero attached hydrogens (tertiary/aromatic N) is 1. The Morgan fingerprint density at radius 3 is 2.56 bits per heavy atom. The van der Waals surface area contributed by atoms with E-state index in [4.69, 9.17) is 0 Å². The molecule has 5 heteroatoms. The van der Waals surface area contributed by atoms with E-state index in [1.807, 2.05) is 43.3 Å². The number of aromatic nitrogens is 1. The highest BCUT2D eigenvalue weighted by molar-refractivity contribution is 7.14. The highest BCUT2D eigenvalue weighted by atomic mass is 32.1. The molecule has 0 spiro atoms. The number of benzene rings is 2. The van der Waals surface area contributed by atoms with E-state index < -0.39 is 0 Å². The molecule has 2 N–H and O–H groups in total. The van der Waals surface area contributed by atoms with Crippen LogP contribution in [-0.4, -0.2) is 10.9 Å². The summed E-state index contributed by atoms with van der Waals surface area (Å²) in [5.74, 6) is -0.166. The molecule has 1 atom stereocenters. The summed E-state index contributed by atoms with van der Waals surface area (Å²) in [6.07, 6.45) is 0. The van der Waals surface area contributed by atoms with Crippen LogP contribution in [0.25, 0.3) is 0 Å². The highest BCUT2D eigenvalue weighted by Gasteiger charge is 2.14. The lowest BCUT2D eigenvalue weighted by atomic mass is 10.1. The fraction of sp³-hybridized carbons (Fsp3) is 0.200. The Labute approximate surface area is 151 Å². The van der Waals surface area contributed by atoms with Gasteiger partial charge in [-0.3, -0.25) is 4.79 Å². The summed E-state index contributed by atoms with van der Waals surface area (Å²) in [5, 5.41) is 8.73. The van der Waals surface area contributed by atoms with Crippen molar-refractivity contribution >= 4 is 28.1 Å². The molecule has 0 fully saturated rings. The number of nitrogens with one attached hydrogen (secondary N) is 2. The van der Waals surface area contributed by atoms with Gasteiger partial charge in [0, 0.05) is 11.1 Å². The minimum atomic E-state index is -0.166. The van der Waals surface area contributed by atoms with Crippen molar-refractivity contribution in [2.75, 3.05) is 5.32 Å². The first-order chi connectivity index (χ1) is 12.0. The van der Waals surface area contributed by atoms with Gasteiger partial charge in [0.2, 0.25) is 0 Å². The largest absolute Gasteiger partial charge is 0.344 e. The van der Waals surface area contributed by atoms with Crippen LogP contribution in [-0.2, 0) is 0 Å². The molecule has 0 aliphatic heterocycles. The van der Waals surface area contributed by atoms with Crippen LogP contribution in [0.3, 0.4) is 0 Å². The molecule has 0 bridgehead atoms. The van der Waals surface area contributed by atoms with Gasteiger partial charge in [0.05, 0.1) is 6.04 Å². The van der Waals surface area contributed by atoms with Gasteiger partial charge in [0.1, 0.15) is 5.69 Å². The molecule has 1 heterocycles. The van der Waals surface area contributed by atoms with Crippen LogP contribution in [0.5, 0.6) is 0 Å². The molecule has 25 heavy (non-hydrogen) atoms. The summed E-state index contributed by atoms with van der Waals surface area (Å²) in [5.41, 5.74) is 4.94. The molecule has 1 aromatic heterocycles. The lowest BCUT2D eigenvalue weighted by molar-refractivity contribution is 0.0935. The number of rotatable bonds is 5. The van der Waals surface area contributed by atoms with Gasteiger partial charge < -0.3 is 10.6 Å². The third kappa shape index (κ3) is 4.25. The predicted octanol–water partition coefficient (Wildman–Crippen LogP) is 4.99. The Morgan fingerprint density at radius 2 is 1.84 bits per heavy atom. The number of hydrogen-bond acceptors (Lipinski definition) is 4. The van der Waals surface area contributed by atoms with Crippen molar-refractivity contribution in [1.82, 2.24) is 10.3 Å². The average molecular weight is 351 g/mol. The number of amides is 1. The summed E-state index contributed by atoms with van der Waals surface area (Å²) < 4.78 is 0. The molecule has 0 aliphatic carbocycles. The zero-order chi connectivity index (χ0) is 17.8. The predicted molar refractivity (Wildman–Crippen MR) is 104 cm³/mol. The van der Waals surface area contributed by atoms with Crippen LogP contribution in [0.4, 0.5) is 10.8 Å². The maximum atomic E-state index is 12.4. The Bertz CT molecular complexity index is 874. The molecular formula is C20H21N3OS. The normalized spacial score (nSPS) is 11.8. The van der Waals surface area contributed by atoms with Crippen LogP contribution < -0.4 is 10.6 Å². The summed E-state index contributed by atoms with van der Waals surface area (Å²) in [6, 6.07) is 16.0. The van der Waals surface area contributed by atoms with Gasteiger partial charge in [-0.25, -0.2) is 4.98 Å². The maximum absolute atomic E-state index is 12.4. The van der Waals surface area contributed by atoms with Crippen LogP contribution in [0.15, 0.2) is 53.9 Å². The SMILES string of the molecule is Cc1ccc(Nc2nc(C(=O)N[C@H](C)c3ccccc3)cs2)cc1C. The van der Waals surface area contributed by atoms with E-state index in [0.717, 1.165) is 11.3 Å². The molecule has 0 radical (unpaired) electrons. The molecule has 0 saturated heterocycles. The second-order valence-corrected chi connectivity index (χ2v) is 6.93. The fourth-order valence-electron chi connectivity index (χ4n) is 2.47. The van der Waals surface area contributed by atoms with Crippen LogP contribution in [0, 0.1) is 13.8 Å². The first-order valence-electron chi connectivity index (χ1n) is 8.18. The quantitative estimate of drug-likeness (QED) is 0.680. The standard InChI is InChI=1S/C20H21N3OS/c1-13-9-10-17(11-14(13)2)22-20-23-18(12-25-20)19(24)21-15(3)16-7-5-4-6-8-16/h4-12,15H,1-3H3,(H,21,24)(H,22,23)/t15-/m1/s1. The van der Waals surface area contributed by atoms with Gasteiger partial charge in [-0.2, -0.15) is 0 Å². The first-order valence-corrected chi connectivity index (χ1v) is 9.06. The number of hydrogen-bond donors (Lipinski definition) is 2. The van der Waals surface area contributed by atoms with Gasteiger partial charge in [0.25, 0.3) is 5.91 Å². The second kappa shape index (κ2) is 7.49. The molecule has 4 nitrogen and oxygen atoms in total. The molecule has 3 rings (SSSR count). The van der Waals surface area contributed by atoms with E-state index in [2.05, 4.69) is 41.6 Å². The van der Waals surface area contributed by atoms with Crippen LogP contribution in [0.1, 0.15) is 40.1 Å². The first kappa shape index (κ1) is 17.2.